The van der Waals surface area contributed by atoms with Crippen LogP contribution in [0.15, 0.2) is 6.33 Å². The van der Waals surface area contributed by atoms with Gasteiger partial charge in [-0.05, 0) is 19.8 Å². The summed E-state index contributed by atoms with van der Waals surface area (Å²) in [5.41, 5.74) is 1.80. The van der Waals surface area contributed by atoms with Gasteiger partial charge in [-0.3, -0.25) is 0 Å². The maximum absolute atomic E-state index is 12.0. The molecule has 1 atom stereocenters. The number of nitrogens with zero attached hydrogens (tertiary/aromatic N) is 2. The highest BCUT2D eigenvalue weighted by Gasteiger charge is 2.45. The van der Waals surface area contributed by atoms with Gasteiger partial charge in [0.2, 0.25) is 0 Å². The van der Waals surface area contributed by atoms with Crippen LogP contribution in [0.4, 0.5) is 0 Å². The molecule has 6 heteroatoms. The van der Waals surface area contributed by atoms with E-state index in [4.69, 9.17) is 0 Å². The Morgan fingerprint density at radius 1 is 1.56 bits per heavy atom. The number of hydrogen-bond donors (Lipinski definition) is 1. The van der Waals surface area contributed by atoms with Crippen molar-refractivity contribution < 1.29 is 8.42 Å². The zero-order chi connectivity index (χ0) is 12.8. The van der Waals surface area contributed by atoms with Gasteiger partial charge in [-0.2, -0.15) is 0 Å². The van der Waals surface area contributed by atoms with Crippen LogP contribution in [0, 0.1) is 0 Å². The van der Waals surface area contributed by atoms with Crippen LogP contribution in [-0.2, 0) is 28.3 Å². The molecule has 0 radical (unpaired) electrons. The monoisotopic (exact) mass is 269 g/mol. The zero-order valence-electron chi connectivity index (χ0n) is 10.6. The topological polar surface area (TPSA) is 64.0 Å². The zero-order valence-corrected chi connectivity index (χ0v) is 11.5. The van der Waals surface area contributed by atoms with E-state index in [1.165, 1.54) is 0 Å². The quantitative estimate of drug-likeness (QED) is 0.804. The number of rotatable bonds is 1. The number of fused-ring (bicyclic) bond motifs is 2. The Kier molecular flexibility index (Phi) is 2.75. The van der Waals surface area contributed by atoms with Gasteiger partial charge in [-0.15, -0.1) is 0 Å². The molecule has 5 nitrogen and oxygen atoms in total. The number of sulfone groups is 1. The van der Waals surface area contributed by atoms with Crippen LogP contribution in [0.25, 0.3) is 0 Å². The molecule has 0 aromatic carbocycles. The predicted molar refractivity (Wildman–Crippen MR) is 69.2 cm³/mol. The third kappa shape index (κ3) is 1.78. The second-order valence-corrected chi connectivity index (χ2v) is 7.46. The van der Waals surface area contributed by atoms with Gasteiger partial charge in [-0.25, -0.2) is 13.4 Å². The maximum atomic E-state index is 12.0. The lowest BCUT2D eigenvalue weighted by Gasteiger charge is -2.41. The lowest BCUT2D eigenvalue weighted by Crippen LogP contribution is -2.55. The van der Waals surface area contributed by atoms with Gasteiger partial charge in [0.05, 0.1) is 34.8 Å². The van der Waals surface area contributed by atoms with E-state index >= 15 is 0 Å². The Morgan fingerprint density at radius 2 is 2.39 bits per heavy atom. The van der Waals surface area contributed by atoms with Crippen LogP contribution >= 0.6 is 0 Å². The second-order valence-electron chi connectivity index (χ2n) is 5.28. The third-order valence-corrected chi connectivity index (χ3v) is 5.90. The van der Waals surface area contributed by atoms with Crippen molar-refractivity contribution in [3.63, 3.8) is 0 Å². The summed E-state index contributed by atoms with van der Waals surface area (Å²) >= 11 is 0. The van der Waals surface area contributed by atoms with Crippen molar-refractivity contribution >= 4 is 9.84 Å². The van der Waals surface area contributed by atoms with Crippen LogP contribution in [0.3, 0.4) is 0 Å². The molecule has 1 N–H and O–H groups in total. The van der Waals surface area contributed by atoms with E-state index in [1.54, 1.807) is 0 Å². The van der Waals surface area contributed by atoms with Crippen molar-refractivity contribution in [3.8, 4) is 0 Å². The Hall–Kier alpha value is -0.880. The normalized spacial score (nSPS) is 30.3. The molecule has 100 valence electrons. The minimum Gasteiger partial charge on any atom is -0.333 e. The molecule has 1 fully saturated rings. The van der Waals surface area contributed by atoms with Crippen LogP contribution < -0.4 is 5.32 Å². The van der Waals surface area contributed by atoms with Gasteiger partial charge in [0, 0.05) is 19.5 Å². The first-order valence-electron chi connectivity index (χ1n) is 6.56. The molecule has 1 aromatic heterocycles. The maximum Gasteiger partial charge on any atom is 0.152 e. The van der Waals surface area contributed by atoms with E-state index in [0.29, 0.717) is 5.75 Å². The van der Waals surface area contributed by atoms with Gasteiger partial charge in [0.15, 0.2) is 9.84 Å². The van der Waals surface area contributed by atoms with Gasteiger partial charge in [0.1, 0.15) is 0 Å². The van der Waals surface area contributed by atoms with Crippen molar-refractivity contribution in [1.29, 1.82) is 0 Å². The molecule has 3 rings (SSSR count). The highest BCUT2D eigenvalue weighted by molar-refractivity contribution is 7.91. The molecule has 0 aliphatic carbocycles. The van der Waals surface area contributed by atoms with Crippen LogP contribution in [-0.4, -0.2) is 36.0 Å². The molecule has 3 heterocycles. The van der Waals surface area contributed by atoms with Crippen LogP contribution in [0.1, 0.15) is 31.2 Å². The number of aromatic nitrogens is 2. The molecule has 1 spiro atoms. The Labute approximate surface area is 108 Å². The molecule has 1 unspecified atom stereocenters. The summed E-state index contributed by atoms with van der Waals surface area (Å²) in [5, 5.41) is 3.47. The summed E-state index contributed by atoms with van der Waals surface area (Å²) in [6.45, 7) is 3.73. The minimum absolute atomic E-state index is 0.221. The fraction of sp³-hybridized carbons (Fsp3) is 0.750. The number of imidazole rings is 1. The van der Waals surface area contributed by atoms with Crippen LogP contribution in [0.2, 0.25) is 0 Å². The molecule has 0 amide bonds. The molecule has 1 aromatic rings. The predicted octanol–water partition coefficient (Wildman–Crippen LogP) is 0.453. The van der Waals surface area contributed by atoms with E-state index in [9.17, 15) is 8.42 Å². The van der Waals surface area contributed by atoms with E-state index in [1.807, 2.05) is 6.33 Å². The van der Waals surface area contributed by atoms with E-state index in [0.717, 1.165) is 43.7 Å². The van der Waals surface area contributed by atoms with E-state index in [-0.39, 0.29) is 5.75 Å². The average Bonchev–Trinajstić information content (AvgIpc) is 2.72. The van der Waals surface area contributed by atoms with Gasteiger partial charge >= 0.3 is 0 Å². The first-order chi connectivity index (χ1) is 8.56. The van der Waals surface area contributed by atoms with Crippen molar-refractivity contribution in [3.05, 3.63) is 17.7 Å². The van der Waals surface area contributed by atoms with E-state index in [2.05, 4.69) is 21.8 Å². The Bertz CT molecular complexity index is 550. The molecule has 18 heavy (non-hydrogen) atoms. The van der Waals surface area contributed by atoms with Gasteiger partial charge < -0.3 is 9.88 Å². The van der Waals surface area contributed by atoms with Crippen LogP contribution in [0.5, 0.6) is 0 Å². The summed E-state index contributed by atoms with van der Waals surface area (Å²) in [5.74, 6) is 0.546. The lowest BCUT2D eigenvalue weighted by atomic mass is 9.86. The van der Waals surface area contributed by atoms with Gasteiger partial charge in [-0.1, -0.05) is 0 Å². The first-order valence-corrected chi connectivity index (χ1v) is 8.38. The summed E-state index contributed by atoms with van der Waals surface area (Å²) in [6.07, 6.45) is 4.37. The van der Waals surface area contributed by atoms with Gasteiger partial charge in [0.25, 0.3) is 0 Å². The molecule has 2 aliphatic rings. The number of aryl methyl sites for hydroxylation is 1. The Morgan fingerprint density at radius 3 is 3.11 bits per heavy atom. The number of nitrogens with one attached hydrogen (secondary N) is 1. The van der Waals surface area contributed by atoms with Crippen molar-refractivity contribution in [2.75, 3.05) is 18.1 Å². The minimum atomic E-state index is -2.94. The SMILES string of the molecule is CCn1cnc2c1C1(CCCS(=O)(=O)C1)NCC2. The third-order valence-electron chi connectivity index (χ3n) is 4.06. The molecule has 0 saturated carbocycles. The molecule has 1 saturated heterocycles. The lowest BCUT2D eigenvalue weighted by molar-refractivity contribution is 0.292. The summed E-state index contributed by atoms with van der Waals surface area (Å²) < 4.78 is 26.1. The fourth-order valence-electron chi connectivity index (χ4n) is 3.34. The molecule has 2 aliphatic heterocycles. The molecular weight excluding hydrogens is 250 g/mol. The van der Waals surface area contributed by atoms with E-state index < -0.39 is 15.4 Å². The van der Waals surface area contributed by atoms with Crippen molar-refractivity contribution in [2.24, 2.45) is 0 Å². The largest absolute Gasteiger partial charge is 0.333 e. The molecular formula is C12H19N3O2S. The summed E-state index contributed by atoms with van der Waals surface area (Å²) in [6, 6.07) is 0. The highest BCUT2D eigenvalue weighted by atomic mass is 32.2. The average molecular weight is 269 g/mol. The number of hydrogen-bond acceptors (Lipinski definition) is 4. The van der Waals surface area contributed by atoms with Crippen molar-refractivity contribution in [1.82, 2.24) is 14.9 Å². The second kappa shape index (κ2) is 4.06. The Balaban J connectivity index is 2.12. The standard InChI is InChI=1S/C12H19N3O2S/c1-2-15-9-13-10-4-6-14-12(11(10)15)5-3-7-18(16,17)8-12/h9,14H,2-8H2,1H3. The highest BCUT2D eigenvalue weighted by Crippen LogP contribution is 2.36. The summed E-state index contributed by atoms with van der Waals surface area (Å²) in [4.78, 5) is 4.45. The molecule has 0 bridgehead atoms. The smallest absolute Gasteiger partial charge is 0.152 e. The van der Waals surface area contributed by atoms with Crippen molar-refractivity contribution in [2.45, 2.75) is 38.3 Å². The summed E-state index contributed by atoms with van der Waals surface area (Å²) in [7, 11) is -2.94. The first kappa shape index (κ1) is 12.2. The fourth-order valence-corrected chi connectivity index (χ4v) is 5.20.